The van der Waals surface area contributed by atoms with E-state index in [1.54, 1.807) is 24.5 Å². The molecule has 3 heteroatoms. The molecule has 2 rings (SSSR count). The monoisotopic (exact) mass is 254 g/mol. The molecule has 1 heterocycles. The third kappa shape index (κ3) is 3.19. The number of pyridine rings is 1. The minimum Gasteiger partial charge on any atom is -0.322 e. The van der Waals surface area contributed by atoms with Crippen LogP contribution in [-0.2, 0) is 0 Å². The van der Waals surface area contributed by atoms with Gasteiger partial charge in [0.1, 0.15) is 0 Å². The zero-order valence-electron chi connectivity index (χ0n) is 11.5. The lowest BCUT2D eigenvalue weighted by Gasteiger charge is -2.12. The van der Waals surface area contributed by atoms with Crippen molar-refractivity contribution in [2.75, 3.05) is 5.32 Å². The average Bonchev–Trinajstić information content (AvgIpc) is 2.42. The summed E-state index contributed by atoms with van der Waals surface area (Å²) in [5.74, 6) is 0.312. The minimum absolute atomic E-state index is 0.128. The topological polar surface area (TPSA) is 42.0 Å². The summed E-state index contributed by atoms with van der Waals surface area (Å²) in [6.45, 7) is 6.26. The van der Waals surface area contributed by atoms with E-state index < -0.39 is 0 Å². The van der Waals surface area contributed by atoms with E-state index in [2.05, 4.69) is 30.2 Å². The van der Waals surface area contributed by atoms with Crippen LogP contribution >= 0.6 is 0 Å². The Bertz CT molecular complexity index is 577. The van der Waals surface area contributed by atoms with Crippen molar-refractivity contribution in [3.05, 3.63) is 59.4 Å². The number of amides is 1. The van der Waals surface area contributed by atoms with Crippen molar-refractivity contribution in [2.45, 2.75) is 26.7 Å². The SMILES string of the molecule is Cc1ccc(C(C)C)cc1NC(=O)c1cccnc1. The first-order valence-electron chi connectivity index (χ1n) is 6.40. The molecule has 0 fully saturated rings. The first-order chi connectivity index (χ1) is 9.08. The third-order valence-electron chi connectivity index (χ3n) is 3.10. The van der Waals surface area contributed by atoms with Crippen molar-refractivity contribution >= 4 is 11.6 Å². The molecule has 0 spiro atoms. The lowest BCUT2D eigenvalue weighted by molar-refractivity contribution is 0.102. The molecule has 19 heavy (non-hydrogen) atoms. The molecule has 1 aromatic carbocycles. The Morgan fingerprint density at radius 1 is 1.26 bits per heavy atom. The van der Waals surface area contributed by atoms with Crippen molar-refractivity contribution in [3.8, 4) is 0 Å². The lowest BCUT2D eigenvalue weighted by atomic mass is 10.0. The number of carbonyl (C=O) groups is 1. The quantitative estimate of drug-likeness (QED) is 0.906. The predicted molar refractivity (Wildman–Crippen MR) is 77.5 cm³/mol. The second-order valence-electron chi connectivity index (χ2n) is 4.92. The molecule has 98 valence electrons. The second-order valence-corrected chi connectivity index (χ2v) is 4.92. The van der Waals surface area contributed by atoms with Crippen molar-refractivity contribution in [2.24, 2.45) is 0 Å². The van der Waals surface area contributed by atoms with Crippen LogP contribution in [0.15, 0.2) is 42.7 Å². The fourth-order valence-corrected chi connectivity index (χ4v) is 1.82. The second kappa shape index (κ2) is 5.65. The molecule has 2 aromatic rings. The lowest BCUT2D eigenvalue weighted by Crippen LogP contribution is -2.13. The van der Waals surface area contributed by atoms with Crippen LogP contribution in [0.1, 0.15) is 41.3 Å². The van der Waals surface area contributed by atoms with Gasteiger partial charge in [0.05, 0.1) is 5.56 Å². The normalized spacial score (nSPS) is 10.5. The first kappa shape index (κ1) is 13.3. The van der Waals surface area contributed by atoms with Gasteiger partial charge in [0.2, 0.25) is 0 Å². The van der Waals surface area contributed by atoms with Crippen LogP contribution in [0.5, 0.6) is 0 Å². The van der Waals surface area contributed by atoms with E-state index in [4.69, 9.17) is 0 Å². The minimum atomic E-state index is -0.128. The summed E-state index contributed by atoms with van der Waals surface area (Å²) in [4.78, 5) is 16.1. The Morgan fingerprint density at radius 2 is 2.05 bits per heavy atom. The average molecular weight is 254 g/mol. The van der Waals surface area contributed by atoms with Crippen LogP contribution in [0.2, 0.25) is 0 Å². The summed E-state index contributed by atoms with van der Waals surface area (Å²) < 4.78 is 0. The number of aromatic nitrogens is 1. The Labute approximate surface area is 113 Å². The maximum absolute atomic E-state index is 12.1. The molecule has 0 saturated heterocycles. The molecule has 0 unspecified atom stereocenters. The van der Waals surface area contributed by atoms with E-state index in [0.717, 1.165) is 11.3 Å². The fraction of sp³-hybridized carbons (Fsp3) is 0.250. The highest BCUT2D eigenvalue weighted by Gasteiger charge is 2.09. The van der Waals surface area contributed by atoms with Crippen LogP contribution in [0.4, 0.5) is 5.69 Å². The number of nitrogens with one attached hydrogen (secondary N) is 1. The van der Waals surface area contributed by atoms with Crippen LogP contribution < -0.4 is 5.32 Å². The molecule has 0 saturated carbocycles. The highest BCUT2D eigenvalue weighted by Crippen LogP contribution is 2.22. The van der Waals surface area contributed by atoms with Gasteiger partial charge in [-0.25, -0.2) is 0 Å². The van der Waals surface area contributed by atoms with E-state index >= 15 is 0 Å². The van der Waals surface area contributed by atoms with Crippen LogP contribution in [0, 0.1) is 6.92 Å². The molecule has 0 radical (unpaired) electrons. The number of hydrogen-bond donors (Lipinski definition) is 1. The van der Waals surface area contributed by atoms with Crippen molar-refractivity contribution in [1.29, 1.82) is 0 Å². The molecule has 0 aliphatic heterocycles. The van der Waals surface area contributed by atoms with E-state index in [1.807, 2.05) is 19.1 Å². The van der Waals surface area contributed by atoms with E-state index in [0.29, 0.717) is 11.5 Å². The number of carbonyl (C=O) groups excluding carboxylic acids is 1. The smallest absolute Gasteiger partial charge is 0.257 e. The number of anilines is 1. The van der Waals surface area contributed by atoms with Gasteiger partial charge in [-0.2, -0.15) is 0 Å². The van der Waals surface area contributed by atoms with Gasteiger partial charge in [0.15, 0.2) is 0 Å². The van der Waals surface area contributed by atoms with E-state index in [1.165, 1.54) is 5.56 Å². The standard InChI is InChI=1S/C16H18N2O/c1-11(2)13-7-6-12(3)15(9-13)18-16(19)14-5-4-8-17-10-14/h4-11H,1-3H3,(H,18,19). The maximum atomic E-state index is 12.1. The Morgan fingerprint density at radius 3 is 2.68 bits per heavy atom. The molecule has 0 atom stereocenters. The van der Waals surface area contributed by atoms with Gasteiger partial charge in [0.25, 0.3) is 5.91 Å². The Balaban J connectivity index is 2.24. The largest absolute Gasteiger partial charge is 0.322 e. The van der Waals surface area contributed by atoms with Gasteiger partial charge in [-0.15, -0.1) is 0 Å². The molecular weight excluding hydrogens is 236 g/mol. The van der Waals surface area contributed by atoms with E-state index in [9.17, 15) is 4.79 Å². The summed E-state index contributed by atoms with van der Waals surface area (Å²) in [5.41, 5.74) is 3.70. The third-order valence-corrected chi connectivity index (χ3v) is 3.10. The Kier molecular flexibility index (Phi) is 3.95. The molecule has 0 bridgehead atoms. The summed E-state index contributed by atoms with van der Waals surface area (Å²) in [7, 11) is 0. The number of hydrogen-bond acceptors (Lipinski definition) is 2. The van der Waals surface area contributed by atoms with Crippen molar-refractivity contribution < 1.29 is 4.79 Å². The van der Waals surface area contributed by atoms with Gasteiger partial charge < -0.3 is 5.32 Å². The molecule has 1 amide bonds. The molecule has 1 N–H and O–H groups in total. The zero-order chi connectivity index (χ0) is 13.8. The van der Waals surface area contributed by atoms with Crippen LogP contribution in [0.3, 0.4) is 0 Å². The molecule has 0 aliphatic carbocycles. The molecule has 0 aliphatic rings. The van der Waals surface area contributed by atoms with E-state index in [-0.39, 0.29) is 5.91 Å². The van der Waals surface area contributed by atoms with Crippen molar-refractivity contribution in [3.63, 3.8) is 0 Å². The number of benzene rings is 1. The van der Waals surface area contributed by atoms with Crippen LogP contribution in [-0.4, -0.2) is 10.9 Å². The fourth-order valence-electron chi connectivity index (χ4n) is 1.82. The highest BCUT2D eigenvalue weighted by atomic mass is 16.1. The van der Waals surface area contributed by atoms with Crippen molar-refractivity contribution in [1.82, 2.24) is 4.98 Å². The molecule has 3 nitrogen and oxygen atoms in total. The van der Waals surface area contributed by atoms with Gasteiger partial charge in [-0.05, 0) is 42.2 Å². The molecule has 1 aromatic heterocycles. The first-order valence-corrected chi connectivity index (χ1v) is 6.40. The Hall–Kier alpha value is -2.16. The van der Waals surface area contributed by atoms with Gasteiger partial charge in [-0.1, -0.05) is 26.0 Å². The maximum Gasteiger partial charge on any atom is 0.257 e. The van der Waals surface area contributed by atoms with Gasteiger partial charge in [-0.3, -0.25) is 9.78 Å². The summed E-state index contributed by atoms with van der Waals surface area (Å²) >= 11 is 0. The molecular formula is C16H18N2O. The summed E-state index contributed by atoms with van der Waals surface area (Å²) in [5, 5.41) is 2.94. The van der Waals surface area contributed by atoms with Gasteiger partial charge >= 0.3 is 0 Å². The predicted octanol–water partition coefficient (Wildman–Crippen LogP) is 3.77. The van der Waals surface area contributed by atoms with Crippen LogP contribution in [0.25, 0.3) is 0 Å². The summed E-state index contributed by atoms with van der Waals surface area (Å²) in [6, 6.07) is 9.68. The summed E-state index contributed by atoms with van der Waals surface area (Å²) in [6.07, 6.45) is 3.22. The zero-order valence-corrected chi connectivity index (χ0v) is 11.5. The van der Waals surface area contributed by atoms with Gasteiger partial charge in [0, 0.05) is 18.1 Å². The highest BCUT2D eigenvalue weighted by molar-refractivity contribution is 6.04. The number of nitrogens with zero attached hydrogens (tertiary/aromatic N) is 1. The number of rotatable bonds is 3. The number of aryl methyl sites for hydroxylation is 1.